The van der Waals surface area contributed by atoms with Gasteiger partial charge in [-0.05, 0) is 44.2 Å². The largest absolute Gasteiger partial charge is 0.493 e. The summed E-state index contributed by atoms with van der Waals surface area (Å²) in [5.41, 5.74) is 1.30. The van der Waals surface area contributed by atoms with Crippen molar-refractivity contribution < 1.29 is 9.84 Å². The summed E-state index contributed by atoms with van der Waals surface area (Å²) in [6.07, 6.45) is 5.23. The zero-order valence-electron chi connectivity index (χ0n) is 11.3. The molecule has 0 radical (unpaired) electrons. The van der Waals surface area contributed by atoms with Crippen molar-refractivity contribution in [2.45, 2.75) is 44.2 Å². The summed E-state index contributed by atoms with van der Waals surface area (Å²) in [4.78, 5) is 0. The second kappa shape index (κ2) is 5.93. The third-order valence-corrected chi connectivity index (χ3v) is 4.43. The molecule has 0 spiro atoms. The van der Waals surface area contributed by atoms with Crippen LogP contribution in [0.2, 0.25) is 0 Å². The van der Waals surface area contributed by atoms with E-state index in [1.54, 1.807) is 0 Å². The van der Waals surface area contributed by atoms with Crippen LogP contribution in [-0.4, -0.2) is 24.4 Å². The van der Waals surface area contributed by atoms with Gasteiger partial charge in [-0.2, -0.15) is 0 Å². The molecule has 3 rings (SSSR count). The van der Waals surface area contributed by atoms with Crippen molar-refractivity contribution in [3.63, 3.8) is 0 Å². The highest BCUT2D eigenvalue weighted by Crippen LogP contribution is 2.32. The summed E-state index contributed by atoms with van der Waals surface area (Å²) in [5, 5.41) is 13.2. The van der Waals surface area contributed by atoms with Crippen molar-refractivity contribution in [3.05, 3.63) is 29.8 Å². The molecular formula is C16H23NO2. The number of benzene rings is 1. The van der Waals surface area contributed by atoms with Crippen LogP contribution in [0, 0.1) is 5.92 Å². The molecule has 0 amide bonds. The monoisotopic (exact) mass is 261 g/mol. The number of aliphatic hydroxyl groups is 1. The van der Waals surface area contributed by atoms with Crippen LogP contribution >= 0.6 is 0 Å². The number of ether oxygens (including phenoxy) is 1. The standard InChI is InChI=1S/C16H23NO2/c18-13-7-5-12(6-8-13)11-17-15-9-10-19-16-4-2-1-3-14(15)16/h1-4,12-13,15,17-18H,5-11H2. The van der Waals surface area contributed by atoms with Gasteiger partial charge in [0.05, 0.1) is 12.7 Å². The van der Waals surface area contributed by atoms with E-state index >= 15 is 0 Å². The molecule has 1 heterocycles. The number of hydrogen-bond donors (Lipinski definition) is 2. The number of rotatable bonds is 3. The maximum absolute atomic E-state index is 9.54. The summed E-state index contributed by atoms with van der Waals surface area (Å²) in [7, 11) is 0. The summed E-state index contributed by atoms with van der Waals surface area (Å²) in [6.45, 7) is 1.86. The van der Waals surface area contributed by atoms with Crippen molar-refractivity contribution in [2.75, 3.05) is 13.2 Å². The molecule has 0 saturated heterocycles. The van der Waals surface area contributed by atoms with Gasteiger partial charge in [0, 0.05) is 18.0 Å². The normalized spacial score (nSPS) is 30.5. The molecule has 0 aromatic heterocycles. The van der Waals surface area contributed by atoms with Gasteiger partial charge >= 0.3 is 0 Å². The second-order valence-corrected chi connectivity index (χ2v) is 5.81. The summed E-state index contributed by atoms with van der Waals surface area (Å²) in [5.74, 6) is 1.75. The lowest BCUT2D eigenvalue weighted by Crippen LogP contribution is -2.33. The highest BCUT2D eigenvalue weighted by Gasteiger charge is 2.23. The van der Waals surface area contributed by atoms with E-state index < -0.39 is 0 Å². The van der Waals surface area contributed by atoms with Gasteiger partial charge in [0.25, 0.3) is 0 Å². The van der Waals surface area contributed by atoms with Gasteiger partial charge in [-0.1, -0.05) is 18.2 Å². The second-order valence-electron chi connectivity index (χ2n) is 5.81. The molecule has 1 aliphatic heterocycles. The lowest BCUT2D eigenvalue weighted by Gasteiger charge is -2.30. The fraction of sp³-hybridized carbons (Fsp3) is 0.625. The average molecular weight is 261 g/mol. The Morgan fingerprint density at radius 2 is 1.89 bits per heavy atom. The minimum absolute atomic E-state index is 0.0555. The van der Waals surface area contributed by atoms with E-state index in [0.717, 1.165) is 56.9 Å². The molecule has 1 aromatic carbocycles. The maximum Gasteiger partial charge on any atom is 0.124 e. The van der Waals surface area contributed by atoms with Crippen LogP contribution in [0.15, 0.2) is 24.3 Å². The molecule has 3 nitrogen and oxygen atoms in total. The maximum atomic E-state index is 9.54. The molecule has 19 heavy (non-hydrogen) atoms. The first-order valence-electron chi connectivity index (χ1n) is 7.46. The Morgan fingerprint density at radius 1 is 1.11 bits per heavy atom. The highest BCUT2D eigenvalue weighted by atomic mass is 16.5. The average Bonchev–Trinajstić information content (AvgIpc) is 2.47. The fourth-order valence-corrected chi connectivity index (χ4v) is 3.21. The van der Waals surface area contributed by atoms with Crippen molar-refractivity contribution in [2.24, 2.45) is 5.92 Å². The van der Waals surface area contributed by atoms with Crippen molar-refractivity contribution in [3.8, 4) is 5.75 Å². The predicted octanol–water partition coefficient (Wildman–Crippen LogP) is 2.65. The van der Waals surface area contributed by atoms with Crippen LogP contribution in [0.3, 0.4) is 0 Å². The molecule has 1 atom stereocenters. The number of aliphatic hydroxyl groups excluding tert-OH is 1. The van der Waals surface area contributed by atoms with Crippen LogP contribution in [0.5, 0.6) is 5.75 Å². The molecule has 1 aliphatic carbocycles. The third kappa shape index (κ3) is 3.10. The number of nitrogens with one attached hydrogen (secondary N) is 1. The molecule has 1 fully saturated rings. The van der Waals surface area contributed by atoms with Gasteiger partial charge < -0.3 is 15.2 Å². The zero-order valence-corrected chi connectivity index (χ0v) is 11.3. The Balaban J connectivity index is 1.56. The van der Waals surface area contributed by atoms with E-state index in [2.05, 4.69) is 23.5 Å². The Hall–Kier alpha value is -1.06. The minimum atomic E-state index is -0.0555. The predicted molar refractivity (Wildman–Crippen MR) is 75.3 cm³/mol. The van der Waals surface area contributed by atoms with Crippen LogP contribution in [0.25, 0.3) is 0 Å². The van der Waals surface area contributed by atoms with Crippen molar-refractivity contribution >= 4 is 0 Å². The lowest BCUT2D eigenvalue weighted by molar-refractivity contribution is 0.107. The van der Waals surface area contributed by atoms with Gasteiger partial charge in [0.15, 0.2) is 0 Å². The first kappa shape index (κ1) is 12.9. The first-order chi connectivity index (χ1) is 9.33. The Kier molecular flexibility index (Phi) is 4.04. The van der Waals surface area contributed by atoms with Crippen LogP contribution in [0.1, 0.15) is 43.7 Å². The van der Waals surface area contributed by atoms with Gasteiger partial charge in [-0.25, -0.2) is 0 Å². The molecule has 2 N–H and O–H groups in total. The number of hydrogen-bond acceptors (Lipinski definition) is 3. The highest BCUT2D eigenvalue weighted by molar-refractivity contribution is 5.37. The summed E-state index contributed by atoms with van der Waals surface area (Å²) in [6, 6.07) is 8.76. The molecule has 0 bridgehead atoms. The van der Waals surface area contributed by atoms with E-state index in [4.69, 9.17) is 4.74 Å². The lowest BCUT2D eigenvalue weighted by atomic mass is 9.87. The van der Waals surface area contributed by atoms with Crippen LogP contribution < -0.4 is 10.1 Å². The smallest absolute Gasteiger partial charge is 0.124 e. The van der Waals surface area contributed by atoms with Gasteiger partial charge in [-0.15, -0.1) is 0 Å². The van der Waals surface area contributed by atoms with Crippen LogP contribution in [0.4, 0.5) is 0 Å². The molecule has 104 valence electrons. The Labute approximate surface area is 115 Å². The quantitative estimate of drug-likeness (QED) is 0.879. The molecule has 1 unspecified atom stereocenters. The summed E-state index contributed by atoms with van der Waals surface area (Å²) < 4.78 is 5.69. The number of para-hydroxylation sites is 1. The zero-order chi connectivity index (χ0) is 13.1. The van der Waals surface area contributed by atoms with E-state index in [1.807, 2.05) is 6.07 Å². The molecule has 1 aromatic rings. The fourth-order valence-electron chi connectivity index (χ4n) is 3.21. The van der Waals surface area contributed by atoms with E-state index in [9.17, 15) is 5.11 Å². The molecule has 2 aliphatic rings. The minimum Gasteiger partial charge on any atom is -0.493 e. The van der Waals surface area contributed by atoms with Crippen molar-refractivity contribution in [1.82, 2.24) is 5.32 Å². The topological polar surface area (TPSA) is 41.5 Å². The summed E-state index contributed by atoms with van der Waals surface area (Å²) >= 11 is 0. The molecular weight excluding hydrogens is 238 g/mol. The number of fused-ring (bicyclic) bond motifs is 1. The van der Waals surface area contributed by atoms with E-state index in [0.29, 0.717) is 6.04 Å². The SMILES string of the molecule is OC1CCC(CNC2CCOc3ccccc32)CC1. The van der Waals surface area contributed by atoms with E-state index in [1.165, 1.54) is 5.56 Å². The molecule has 1 saturated carbocycles. The van der Waals surface area contributed by atoms with Gasteiger partial charge in [0.2, 0.25) is 0 Å². The third-order valence-electron chi connectivity index (χ3n) is 4.43. The van der Waals surface area contributed by atoms with Crippen LogP contribution in [-0.2, 0) is 0 Å². The van der Waals surface area contributed by atoms with Crippen molar-refractivity contribution in [1.29, 1.82) is 0 Å². The molecule has 3 heteroatoms. The van der Waals surface area contributed by atoms with E-state index in [-0.39, 0.29) is 6.10 Å². The van der Waals surface area contributed by atoms with Gasteiger partial charge in [-0.3, -0.25) is 0 Å². The first-order valence-corrected chi connectivity index (χ1v) is 7.46. The Morgan fingerprint density at radius 3 is 2.74 bits per heavy atom. The Bertz CT molecular complexity index is 413. The van der Waals surface area contributed by atoms with Gasteiger partial charge in [0.1, 0.15) is 5.75 Å².